The number of cyclic esters (lactones) is 1. The summed E-state index contributed by atoms with van der Waals surface area (Å²) in [6, 6.07) is 2.57. The van der Waals surface area contributed by atoms with Gasteiger partial charge in [0.1, 0.15) is 22.7 Å². The van der Waals surface area contributed by atoms with E-state index >= 15 is 0 Å². The molecule has 0 amide bonds. The lowest BCUT2D eigenvalue weighted by molar-refractivity contribution is -0.147. The van der Waals surface area contributed by atoms with Crippen molar-refractivity contribution in [2.24, 2.45) is 0 Å². The van der Waals surface area contributed by atoms with Gasteiger partial charge < -0.3 is 24.4 Å². The van der Waals surface area contributed by atoms with Crippen LogP contribution in [0.5, 0.6) is 11.5 Å². The third kappa shape index (κ3) is 3.73. The second-order valence-electron chi connectivity index (χ2n) is 5.67. The summed E-state index contributed by atoms with van der Waals surface area (Å²) in [5.74, 6) is -2.77. The molecule has 0 bridgehead atoms. The third-order valence-electron chi connectivity index (χ3n) is 3.87. The van der Waals surface area contributed by atoms with Gasteiger partial charge in [-0.05, 0) is 13.0 Å². The molecule has 0 saturated heterocycles. The fourth-order valence-corrected chi connectivity index (χ4v) is 2.67. The minimum Gasteiger partial charge on any atom is -0.507 e. The van der Waals surface area contributed by atoms with Gasteiger partial charge in [-0.1, -0.05) is 0 Å². The fourth-order valence-electron chi connectivity index (χ4n) is 2.67. The molecule has 1 aliphatic rings. The first-order chi connectivity index (χ1) is 11.7. The molecule has 0 aromatic heterocycles. The number of hydrogen-bond acceptors (Lipinski definition) is 7. The van der Waals surface area contributed by atoms with Crippen LogP contribution in [0.4, 0.5) is 0 Å². The van der Waals surface area contributed by atoms with Gasteiger partial charge in [-0.15, -0.1) is 0 Å². The molecule has 2 N–H and O–H groups in total. The van der Waals surface area contributed by atoms with Gasteiger partial charge in [0.25, 0.3) is 0 Å². The molecular weight excluding hydrogens is 332 g/mol. The van der Waals surface area contributed by atoms with Crippen molar-refractivity contribution < 1.29 is 38.8 Å². The number of methoxy groups -OCH3 is 1. The van der Waals surface area contributed by atoms with E-state index in [1.165, 1.54) is 26.2 Å². The van der Waals surface area contributed by atoms with E-state index in [0.717, 1.165) is 6.08 Å². The molecule has 1 atom stereocenters. The number of hydrogen-bond donors (Lipinski definition) is 2. The van der Waals surface area contributed by atoms with Crippen molar-refractivity contribution in [2.45, 2.75) is 25.9 Å². The molecule has 0 radical (unpaired) electrons. The number of ether oxygens (including phenoxy) is 3. The molecule has 8 nitrogen and oxygen atoms in total. The standard InChI is InChI=1S/C17H18O8/c1-9(18)24-5-4-17(2)12(8-14(20)25-17)11-6-10(23-3)7-13(19)15(11)16(21)22/h6-8,19H,4-5H2,1-3H3,(H,21,22). The fraction of sp³-hybridized carbons (Fsp3) is 0.353. The number of phenols is 1. The average Bonchev–Trinajstić information content (AvgIpc) is 2.80. The number of carbonyl (C=O) groups excluding carboxylic acids is 2. The Hall–Kier alpha value is -3.03. The van der Waals surface area contributed by atoms with Crippen molar-refractivity contribution in [1.82, 2.24) is 0 Å². The highest BCUT2D eigenvalue weighted by atomic mass is 16.6. The molecule has 25 heavy (non-hydrogen) atoms. The molecule has 0 aliphatic carbocycles. The van der Waals surface area contributed by atoms with Gasteiger partial charge in [0.05, 0.1) is 13.7 Å². The molecule has 0 fully saturated rings. The van der Waals surface area contributed by atoms with Crippen LogP contribution >= 0.6 is 0 Å². The van der Waals surface area contributed by atoms with Gasteiger partial charge in [-0.2, -0.15) is 0 Å². The maximum atomic E-state index is 11.8. The summed E-state index contributed by atoms with van der Waals surface area (Å²) in [6.45, 7) is 2.81. The first-order valence-electron chi connectivity index (χ1n) is 7.41. The number of carboxylic acids is 1. The molecule has 1 unspecified atom stereocenters. The van der Waals surface area contributed by atoms with E-state index in [9.17, 15) is 24.6 Å². The van der Waals surface area contributed by atoms with E-state index < -0.39 is 29.3 Å². The van der Waals surface area contributed by atoms with Crippen LogP contribution in [0, 0.1) is 0 Å². The highest BCUT2D eigenvalue weighted by Gasteiger charge is 2.41. The molecule has 0 saturated carbocycles. The minimum atomic E-state index is -1.36. The van der Waals surface area contributed by atoms with Gasteiger partial charge in [-0.3, -0.25) is 4.79 Å². The Morgan fingerprint density at radius 3 is 2.56 bits per heavy atom. The SMILES string of the molecule is COc1cc(O)c(C(=O)O)c(C2=CC(=O)OC2(C)CCOC(C)=O)c1. The maximum absolute atomic E-state index is 11.8. The van der Waals surface area contributed by atoms with Crippen molar-refractivity contribution in [1.29, 1.82) is 0 Å². The maximum Gasteiger partial charge on any atom is 0.340 e. The molecule has 1 aromatic carbocycles. The van der Waals surface area contributed by atoms with Crippen LogP contribution in [-0.4, -0.2) is 47.4 Å². The summed E-state index contributed by atoms with van der Waals surface area (Å²) < 4.78 is 15.3. The zero-order chi connectivity index (χ0) is 18.8. The quantitative estimate of drug-likeness (QED) is 0.745. The lowest BCUT2D eigenvalue weighted by atomic mass is 9.85. The Morgan fingerprint density at radius 2 is 2.00 bits per heavy atom. The smallest absolute Gasteiger partial charge is 0.340 e. The van der Waals surface area contributed by atoms with Crippen molar-refractivity contribution in [2.75, 3.05) is 13.7 Å². The predicted octanol–water partition coefficient (Wildman–Crippen LogP) is 1.75. The van der Waals surface area contributed by atoms with Gasteiger partial charge in [0.2, 0.25) is 0 Å². The largest absolute Gasteiger partial charge is 0.507 e. The van der Waals surface area contributed by atoms with Crippen LogP contribution in [0.25, 0.3) is 5.57 Å². The predicted molar refractivity (Wildman–Crippen MR) is 85.3 cm³/mol. The van der Waals surface area contributed by atoms with E-state index in [2.05, 4.69) is 0 Å². The molecule has 1 aromatic rings. The first kappa shape index (κ1) is 18.3. The Kier molecular flexibility index (Phi) is 5.01. The second-order valence-corrected chi connectivity index (χ2v) is 5.67. The minimum absolute atomic E-state index is 0.0190. The zero-order valence-corrected chi connectivity index (χ0v) is 14.0. The lowest BCUT2D eigenvalue weighted by Crippen LogP contribution is -2.30. The number of carboxylic acid groups (broad SMARTS) is 1. The molecule has 0 spiro atoms. The average molecular weight is 350 g/mol. The van der Waals surface area contributed by atoms with Crippen LogP contribution < -0.4 is 4.74 Å². The zero-order valence-electron chi connectivity index (χ0n) is 14.0. The van der Waals surface area contributed by atoms with Crippen molar-refractivity contribution in [3.63, 3.8) is 0 Å². The molecule has 1 heterocycles. The van der Waals surface area contributed by atoms with Crippen LogP contribution in [0.15, 0.2) is 18.2 Å². The Balaban J connectivity index is 2.52. The van der Waals surface area contributed by atoms with E-state index in [1.54, 1.807) is 6.92 Å². The number of rotatable bonds is 6. The monoisotopic (exact) mass is 350 g/mol. The normalized spacial score (nSPS) is 19.2. The number of aromatic carboxylic acids is 1. The third-order valence-corrected chi connectivity index (χ3v) is 3.87. The molecule has 8 heteroatoms. The Labute approximate surface area is 143 Å². The van der Waals surface area contributed by atoms with Crippen LogP contribution in [0.3, 0.4) is 0 Å². The van der Waals surface area contributed by atoms with Crippen LogP contribution in [0.2, 0.25) is 0 Å². The molecule has 2 rings (SSSR count). The summed E-state index contributed by atoms with van der Waals surface area (Å²) in [4.78, 5) is 34.3. The van der Waals surface area contributed by atoms with E-state index in [0.29, 0.717) is 0 Å². The summed E-state index contributed by atoms with van der Waals surface area (Å²) >= 11 is 0. The molecule has 134 valence electrons. The Bertz CT molecular complexity index is 764. The van der Waals surface area contributed by atoms with Crippen LogP contribution in [0.1, 0.15) is 36.2 Å². The number of carbonyl (C=O) groups is 3. The summed E-state index contributed by atoms with van der Waals surface area (Å²) in [5.41, 5.74) is -1.23. The lowest BCUT2D eigenvalue weighted by Gasteiger charge is -2.27. The number of esters is 2. The van der Waals surface area contributed by atoms with E-state index in [-0.39, 0.29) is 35.5 Å². The Morgan fingerprint density at radius 1 is 1.32 bits per heavy atom. The van der Waals surface area contributed by atoms with Gasteiger partial charge in [0, 0.05) is 36.6 Å². The highest BCUT2D eigenvalue weighted by Crippen LogP contribution is 2.42. The topological polar surface area (TPSA) is 119 Å². The highest BCUT2D eigenvalue weighted by molar-refractivity contribution is 6.04. The van der Waals surface area contributed by atoms with E-state index in [4.69, 9.17) is 14.2 Å². The van der Waals surface area contributed by atoms with Crippen molar-refractivity contribution in [3.8, 4) is 11.5 Å². The van der Waals surface area contributed by atoms with Gasteiger partial charge >= 0.3 is 17.9 Å². The van der Waals surface area contributed by atoms with Crippen molar-refractivity contribution >= 4 is 23.5 Å². The van der Waals surface area contributed by atoms with Crippen molar-refractivity contribution in [3.05, 3.63) is 29.3 Å². The summed E-state index contributed by atoms with van der Waals surface area (Å²) in [7, 11) is 1.36. The number of aromatic hydroxyl groups is 1. The molecular formula is C17H18O8. The summed E-state index contributed by atoms with van der Waals surface area (Å²) in [6.07, 6.45) is 1.29. The van der Waals surface area contributed by atoms with Crippen LogP contribution in [-0.2, 0) is 19.1 Å². The summed E-state index contributed by atoms with van der Waals surface area (Å²) in [5, 5.41) is 19.5. The van der Waals surface area contributed by atoms with E-state index in [1.807, 2.05) is 0 Å². The molecule has 1 aliphatic heterocycles. The first-order valence-corrected chi connectivity index (χ1v) is 7.41. The van der Waals surface area contributed by atoms with Gasteiger partial charge in [0.15, 0.2) is 0 Å². The number of benzene rings is 1. The van der Waals surface area contributed by atoms with Gasteiger partial charge in [-0.25, -0.2) is 9.59 Å². The second kappa shape index (κ2) is 6.84.